The van der Waals surface area contributed by atoms with Crippen LogP contribution in [0.15, 0.2) is 42.5 Å². The number of hydrogen-bond donors (Lipinski definition) is 6. The first-order chi connectivity index (χ1) is 10.6. The van der Waals surface area contributed by atoms with E-state index in [9.17, 15) is 13.6 Å². The first kappa shape index (κ1) is 18.6. The van der Waals surface area contributed by atoms with Gasteiger partial charge in [0.25, 0.3) is 0 Å². The van der Waals surface area contributed by atoms with Crippen LogP contribution in [0.25, 0.3) is 0 Å². The van der Waals surface area contributed by atoms with Gasteiger partial charge in [-0.3, -0.25) is 0 Å². The van der Waals surface area contributed by atoms with E-state index < -0.39 is 24.3 Å². The molecule has 8 nitrogen and oxygen atoms in total. The molecule has 0 saturated heterocycles. The molecule has 2 aromatic carbocycles. The molecular weight excluding hydrogens is 367 g/mol. The van der Waals surface area contributed by atoms with Crippen LogP contribution in [0.1, 0.15) is 6.92 Å². The summed E-state index contributed by atoms with van der Waals surface area (Å²) in [6.07, 6.45) is 0. The average molecular weight is 384 g/mol. The van der Waals surface area contributed by atoms with E-state index in [4.69, 9.17) is 19.0 Å². The number of benzene rings is 2. The van der Waals surface area contributed by atoms with Crippen molar-refractivity contribution in [1.29, 1.82) is 0 Å². The Morgan fingerprint density at radius 3 is 2.09 bits per heavy atom. The molecule has 0 aromatic heterocycles. The fourth-order valence-electron chi connectivity index (χ4n) is 1.54. The summed E-state index contributed by atoms with van der Waals surface area (Å²) in [5.74, 6) is -0.704. The maximum atomic E-state index is 10.9. The summed E-state index contributed by atoms with van der Waals surface area (Å²) < 4.78 is 28.2. The van der Waals surface area contributed by atoms with Gasteiger partial charge in [-0.05, 0) is 12.1 Å². The van der Waals surface area contributed by atoms with Gasteiger partial charge in [-0.25, -0.2) is 0 Å². The number of hydrogen-bond acceptors (Lipinski definition) is 5. The number of carbonyl (C=O) groups excluding carboxylic acids is 1. The molecular formula is C14H17AsN2O6. The zero-order valence-electron chi connectivity index (χ0n) is 12.2. The number of nitrogen functional groups attached to an aromatic ring is 1. The molecule has 0 heterocycles. The van der Waals surface area contributed by atoms with Crippen molar-refractivity contribution < 1.29 is 26.9 Å². The molecule has 0 aliphatic heterocycles. The Bertz CT molecular complexity index is 723. The third-order valence-electron chi connectivity index (χ3n) is 2.55. The fraction of sp³-hybridized carbons (Fsp3) is 0.0714. The van der Waals surface area contributed by atoms with Crippen LogP contribution in [-0.2, 0) is 8.53 Å². The Balaban J connectivity index is 0.000000277. The van der Waals surface area contributed by atoms with E-state index in [0.717, 1.165) is 12.1 Å². The van der Waals surface area contributed by atoms with Crippen LogP contribution in [0.4, 0.5) is 11.4 Å². The molecule has 0 aliphatic carbocycles. The van der Waals surface area contributed by atoms with Gasteiger partial charge in [0.1, 0.15) is 5.75 Å². The molecule has 7 N–H and O–H groups in total. The first-order valence-electron chi connectivity index (χ1n) is 6.31. The van der Waals surface area contributed by atoms with Crippen LogP contribution in [-0.4, -0.2) is 38.5 Å². The zero-order valence-corrected chi connectivity index (χ0v) is 14.0. The summed E-state index contributed by atoms with van der Waals surface area (Å²) in [5, 5.41) is 20.5. The van der Waals surface area contributed by atoms with Gasteiger partial charge in [0, 0.05) is 0 Å². The number of aromatic hydroxyl groups is 2. The van der Waals surface area contributed by atoms with Crippen LogP contribution in [0.5, 0.6) is 11.5 Å². The molecule has 0 saturated carbocycles. The van der Waals surface area contributed by atoms with Gasteiger partial charge < -0.3 is 10.8 Å². The summed E-state index contributed by atoms with van der Waals surface area (Å²) in [5.41, 5.74) is 5.98. The van der Waals surface area contributed by atoms with Crippen molar-refractivity contribution in [2.75, 3.05) is 11.1 Å². The van der Waals surface area contributed by atoms with E-state index in [1.165, 1.54) is 13.0 Å². The summed E-state index contributed by atoms with van der Waals surface area (Å²) >= 11 is -5.09. The predicted molar refractivity (Wildman–Crippen MR) is 85.4 cm³/mol. The molecule has 0 unspecified atom stereocenters. The normalized spacial score (nSPS) is 10.4. The summed E-state index contributed by atoms with van der Waals surface area (Å²) in [6.45, 7) is 1.29. The Hall–Kier alpha value is -2.41. The zero-order chi connectivity index (χ0) is 17.6. The van der Waals surface area contributed by atoms with E-state index >= 15 is 0 Å². The minimum absolute atomic E-state index is 0.146. The molecule has 1 amide bonds. The number of carbonyl (C=O) groups is 1. The maximum absolute atomic E-state index is 10.9. The van der Waals surface area contributed by atoms with Gasteiger partial charge in [0.15, 0.2) is 0 Å². The number of phenolic OH excluding ortho intramolecular Hbond substituents is 2. The van der Waals surface area contributed by atoms with E-state index in [2.05, 4.69) is 5.32 Å². The summed E-state index contributed by atoms with van der Waals surface area (Å²) in [6, 6.07) is 10.2. The molecule has 0 radical (unpaired) electrons. The second-order valence-electron chi connectivity index (χ2n) is 4.49. The molecule has 23 heavy (non-hydrogen) atoms. The molecule has 9 heteroatoms. The Kier molecular flexibility index (Phi) is 6.26. The largest absolute Gasteiger partial charge is 0.506 e. The van der Waals surface area contributed by atoms with Crippen molar-refractivity contribution in [3.05, 3.63) is 42.5 Å². The van der Waals surface area contributed by atoms with Crippen LogP contribution in [0.2, 0.25) is 0 Å². The number of nitrogens with one attached hydrogen (secondary N) is 1. The minimum atomic E-state index is -5.09. The smallest absolute Gasteiger partial charge is 0.138 e. The fourth-order valence-corrected chi connectivity index (χ4v) is 2.86. The molecule has 124 valence electrons. The van der Waals surface area contributed by atoms with Gasteiger partial charge in [0.2, 0.25) is 0 Å². The van der Waals surface area contributed by atoms with Gasteiger partial charge in [-0.1, -0.05) is 12.1 Å². The second-order valence-corrected chi connectivity index (χ2v) is 7.78. The molecule has 0 spiro atoms. The predicted octanol–water partition coefficient (Wildman–Crippen LogP) is -0.114. The summed E-state index contributed by atoms with van der Waals surface area (Å²) in [4.78, 5) is 10.7. The SMILES string of the molecule is CC(=O)Nc1ccc([As](=O)(O)O)c(O)c1.Nc1ccccc1O. The monoisotopic (exact) mass is 384 g/mol. The number of phenols is 2. The maximum Gasteiger partial charge on any atom is 0.138 e. The molecule has 0 bridgehead atoms. The first-order valence-corrected chi connectivity index (χ1v) is 9.69. The molecule has 0 aliphatic rings. The third kappa shape index (κ3) is 6.07. The topological polar surface area (TPSA) is 153 Å². The number of anilines is 2. The van der Waals surface area contributed by atoms with Gasteiger partial charge in [-0.15, -0.1) is 0 Å². The van der Waals surface area contributed by atoms with Gasteiger partial charge in [0.05, 0.1) is 5.69 Å². The van der Waals surface area contributed by atoms with Crippen LogP contribution < -0.4 is 15.4 Å². The minimum Gasteiger partial charge on any atom is -0.506 e. The van der Waals surface area contributed by atoms with Crippen molar-refractivity contribution in [2.24, 2.45) is 0 Å². The molecule has 2 rings (SSSR count). The summed E-state index contributed by atoms with van der Waals surface area (Å²) in [7, 11) is 0. The van der Waals surface area contributed by atoms with Crippen LogP contribution in [0, 0.1) is 0 Å². The second kappa shape index (κ2) is 7.73. The number of nitrogens with two attached hydrogens (primary N) is 1. The van der Waals surface area contributed by atoms with Crippen molar-refractivity contribution >= 4 is 35.8 Å². The number of rotatable bonds is 2. The number of para-hydroxylation sites is 2. The van der Waals surface area contributed by atoms with Crippen LogP contribution in [0.3, 0.4) is 0 Å². The van der Waals surface area contributed by atoms with Gasteiger partial charge in [-0.2, -0.15) is 0 Å². The molecule has 2 aromatic rings. The van der Waals surface area contributed by atoms with Crippen LogP contribution >= 0.6 is 0 Å². The Morgan fingerprint density at radius 1 is 1.09 bits per heavy atom. The standard InChI is InChI=1S/C8H10AsNO5.C6H7NO/c1-5(11)10-6-2-3-7(8(12)4-6)9(13,14)15;7-5-3-1-2-4-6(5)8/h2-4,12H,1H3,(H,10,11)(H2,13,14,15);1-4,8H,7H2. The number of amides is 1. The molecule has 0 atom stereocenters. The van der Waals surface area contributed by atoms with Crippen molar-refractivity contribution in [3.63, 3.8) is 0 Å². The Labute approximate surface area is 135 Å². The van der Waals surface area contributed by atoms with Gasteiger partial charge >= 0.3 is 88.1 Å². The van der Waals surface area contributed by atoms with E-state index in [1.54, 1.807) is 24.3 Å². The van der Waals surface area contributed by atoms with E-state index in [1.807, 2.05) is 0 Å². The van der Waals surface area contributed by atoms with Crippen molar-refractivity contribution in [1.82, 2.24) is 0 Å². The third-order valence-corrected chi connectivity index (χ3v) is 4.66. The quantitative estimate of drug-likeness (QED) is 0.240. The average Bonchev–Trinajstić information content (AvgIpc) is 2.41. The van der Waals surface area contributed by atoms with Crippen molar-refractivity contribution in [3.8, 4) is 11.5 Å². The van der Waals surface area contributed by atoms with E-state index in [-0.39, 0.29) is 17.3 Å². The van der Waals surface area contributed by atoms with Crippen molar-refractivity contribution in [2.45, 2.75) is 6.92 Å². The Morgan fingerprint density at radius 2 is 1.70 bits per heavy atom. The van der Waals surface area contributed by atoms with E-state index in [0.29, 0.717) is 5.69 Å². The molecule has 0 fully saturated rings.